The third-order valence-corrected chi connectivity index (χ3v) is 2.20. The lowest BCUT2D eigenvalue weighted by Gasteiger charge is -2.28. The van der Waals surface area contributed by atoms with Crippen LogP contribution in [0.25, 0.3) is 0 Å². The van der Waals surface area contributed by atoms with Gasteiger partial charge >= 0.3 is 12.1 Å². The standard InChI is InChI=1S/C7H10F3NO3/c1-14-5(13)6(7(8,9)10)2-4(12)3-11-6/h4,11-12H,2-3H2,1H3. The average Bonchev–Trinajstić information content (AvgIpc) is 2.46. The number of β-amino-alcohol motifs (C(OH)–C–C–N with tert-alkyl or cyclic N) is 1. The first-order valence-electron chi connectivity index (χ1n) is 3.92. The molecule has 0 aromatic heterocycles. The van der Waals surface area contributed by atoms with Crippen molar-refractivity contribution in [3.63, 3.8) is 0 Å². The second-order valence-electron chi connectivity index (χ2n) is 3.13. The molecule has 0 aromatic carbocycles. The van der Waals surface area contributed by atoms with E-state index in [2.05, 4.69) is 4.74 Å². The van der Waals surface area contributed by atoms with Crippen LogP contribution < -0.4 is 5.32 Å². The summed E-state index contributed by atoms with van der Waals surface area (Å²) in [6.07, 6.45) is -6.66. The number of hydrogen-bond acceptors (Lipinski definition) is 4. The Labute approximate surface area is 78.0 Å². The molecule has 0 aromatic rings. The fraction of sp³-hybridized carbons (Fsp3) is 0.857. The van der Waals surface area contributed by atoms with Crippen molar-refractivity contribution in [2.75, 3.05) is 13.7 Å². The molecule has 1 aliphatic heterocycles. The van der Waals surface area contributed by atoms with Gasteiger partial charge in [0.1, 0.15) is 0 Å². The van der Waals surface area contributed by atoms with Crippen LogP contribution in [0.2, 0.25) is 0 Å². The Morgan fingerprint density at radius 1 is 1.64 bits per heavy atom. The maximum Gasteiger partial charge on any atom is 0.417 e. The van der Waals surface area contributed by atoms with Crippen molar-refractivity contribution in [3.05, 3.63) is 0 Å². The minimum atomic E-state index is -4.77. The lowest BCUT2D eigenvalue weighted by molar-refractivity contribution is -0.209. The van der Waals surface area contributed by atoms with E-state index in [1.54, 1.807) is 0 Å². The maximum absolute atomic E-state index is 12.6. The molecule has 82 valence electrons. The molecule has 0 aliphatic carbocycles. The van der Waals surface area contributed by atoms with Gasteiger partial charge in [0, 0.05) is 13.0 Å². The van der Waals surface area contributed by atoms with Crippen LogP contribution in [0.4, 0.5) is 13.2 Å². The van der Waals surface area contributed by atoms with Crippen molar-refractivity contribution in [1.82, 2.24) is 5.32 Å². The van der Waals surface area contributed by atoms with Crippen molar-refractivity contribution in [3.8, 4) is 0 Å². The third kappa shape index (κ3) is 1.57. The predicted octanol–water partition coefficient (Wildman–Crippen LogP) is -0.185. The van der Waals surface area contributed by atoms with E-state index < -0.39 is 30.2 Å². The Balaban J connectivity index is 2.98. The largest absolute Gasteiger partial charge is 0.467 e. The Morgan fingerprint density at radius 2 is 2.21 bits per heavy atom. The van der Waals surface area contributed by atoms with Crippen molar-refractivity contribution < 1.29 is 27.8 Å². The summed E-state index contributed by atoms with van der Waals surface area (Å²) in [6.45, 7) is -0.269. The molecule has 0 saturated carbocycles. The molecule has 4 nitrogen and oxygen atoms in total. The van der Waals surface area contributed by atoms with E-state index in [4.69, 9.17) is 5.11 Å². The molecule has 0 amide bonds. The summed E-state index contributed by atoms with van der Waals surface area (Å²) in [5.74, 6) is -1.42. The van der Waals surface area contributed by atoms with Gasteiger partial charge in [0.05, 0.1) is 13.2 Å². The predicted molar refractivity (Wildman–Crippen MR) is 39.4 cm³/mol. The van der Waals surface area contributed by atoms with E-state index in [-0.39, 0.29) is 6.54 Å². The molecule has 1 fully saturated rings. The SMILES string of the molecule is COC(=O)C1(C(F)(F)F)CC(O)CN1. The zero-order valence-electron chi connectivity index (χ0n) is 7.39. The summed E-state index contributed by atoms with van der Waals surface area (Å²) >= 11 is 0. The van der Waals surface area contributed by atoms with E-state index in [1.165, 1.54) is 0 Å². The topological polar surface area (TPSA) is 58.6 Å². The number of nitrogens with one attached hydrogen (secondary N) is 1. The smallest absolute Gasteiger partial charge is 0.417 e. The highest BCUT2D eigenvalue weighted by atomic mass is 19.4. The number of hydrogen-bond donors (Lipinski definition) is 2. The van der Waals surface area contributed by atoms with Crippen LogP contribution in [0.15, 0.2) is 0 Å². The first-order valence-corrected chi connectivity index (χ1v) is 3.92. The van der Waals surface area contributed by atoms with Gasteiger partial charge in [0.2, 0.25) is 5.54 Å². The fourth-order valence-corrected chi connectivity index (χ4v) is 1.45. The van der Waals surface area contributed by atoms with Gasteiger partial charge in [-0.25, -0.2) is 4.79 Å². The number of halogens is 3. The average molecular weight is 213 g/mol. The number of aliphatic hydroxyl groups is 1. The summed E-state index contributed by atoms with van der Waals surface area (Å²) in [5, 5.41) is 11.0. The molecule has 2 atom stereocenters. The van der Waals surface area contributed by atoms with E-state index in [0.29, 0.717) is 0 Å². The van der Waals surface area contributed by atoms with Crippen molar-refractivity contribution in [2.24, 2.45) is 0 Å². The quantitative estimate of drug-likeness (QED) is 0.593. The first-order chi connectivity index (χ1) is 6.33. The van der Waals surface area contributed by atoms with E-state index in [9.17, 15) is 18.0 Å². The number of esters is 1. The highest BCUT2D eigenvalue weighted by Crippen LogP contribution is 2.37. The lowest BCUT2D eigenvalue weighted by Crippen LogP contribution is -2.59. The van der Waals surface area contributed by atoms with E-state index in [1.807, 2.05) is 5.32 Å². The van der Waals surface area contributed by atoms with Crippen LogP contribution in [-0.4, -0.2) is 42.5 Å². The summed E-state index contributed by atoms with van der Waals surface area (Å²) in [5.41, 5.74) is -2.75. The molecule has 14 heavy (non-hydrogen) atoms. The number of alkyl halides is 3. The van der Waals surface area contributed by atoms with Gasteiger partial charge in [-0.1, -0.05) is 0 Å². The van der Waals surface area contributed by atoms with Crippen LogP contribution in [0, 0.1) is 0 Å². The van der Waals surface area contributed by atoms with Crippen LogP contribution in [0.1, 0.15) is 6.42 Å². The number of carbonyl (C=O) groups excluding carboxylic acids is 1. The van der Waals surface area contributed by atoms with Gasteiger partial charge in [-0.05, 0) is 0 Å². The molecule has 1 rings (SSSR count). The second kappa shape index (κ2) is 3.39. The number of methoxy groups -OCH3 is 1. The number of aliphatic hydroxyl groups excluding tert-OH is 1. The third-order valence-electron chi connectivity index (χ3n) is 2.20. The zero-order valence-corrected chi connectivity index (χ0v) is 7.39. The fourth-order valence-electron chi connectivity index (χ4n) is 1.45. The van der Waals surface area contributed by atoms with Crippen molar-refractivity contribution >= 4 is 5.97 Å². The van der Waals surface area contributed by atoms with Crippen LogP contribution in [-0.2, 0) is 9.53 Å². The Morgan fingerprint density at radius 3 is 2.50 bits per heavy atom. The van der Waals surface area contributed by atoms with Gasteiger partial charge in [-0.3, -0.25) is 5.32 Å². The van der Waals surface area contributed by atoms with Gasteiger partial charge in [-0.2, -0.15) is 13.2 Å². The maximum atomic E-state index is 12.6. The normalized spacial score (nSPS) is 33.1. The van der Waals surface area contributed by atoms with Gasteiger partial charge in [0.15, 0.2) is 0 Å². The molecule has 2 unspecified atom stereocenters. The molecule has 0 bridgehead atoms. The van der Waals surface area contributed by atoms with Gasteiger partial charge in [0.25, 0.3) is 0 Å². The summed E-state index contributed by atoms with van der Waals surface area (Å²) in [6, 6.07) is 0. The van der Waals surface area contributed by atoms with Crippen molar-refractivity contribution in [1.29, 1.82) is 0 Å². The van der Waals surface area contributed by atoms with E-state index >= 15 is 0 Å². The zero-order chi connectivity index (χ0) is 11.0. The number of rotatable bonds is 1. The minimum absolute atomic E-state index is 0.269. The van der Waals surface area contributed by atoms with E-state index in [0.717, 1.165) is 7.11 Å². The van der Waals surface area contributed by atoms with Crippen LogP contribution >= 0.6 is 0 Å². The molecular formula is C7H10F3NO3. The highest BCUT2D eigenvalue weighted by molar-refractivity contribution is 5.82. The van der Waals surface area contributed by atoms with Gasteiger partial charge < -0.3 is 9.84 Å². The van der Waals surface area contributed by atoms with Crippen LogP contribution in [0.3, 0.4) is 0 Å². The Bertz CT molecular complexity index is 243. The molecular weight excluding hydrogens is 203 g/mol. The molecule has 0 spiro atoms. The number of carbonyl (C=O) groups is 1. The number of ether oxygens (including phenoxy) is 1. The Kier molecular flexibility index (Phi) is 2.73. The summed E-state index contributed by atoms with van der Waals surface area (Å²) in [7, 11) is 0.877. The monoisotopic (exact) mass is 213 g/mol. The molecule has 0 radical (unpaired) electrons. The molecule has 1 aliphatic rings. The second-order valence-corrected chi connectivity index (χ2v) is 3.13. The summed E-state index contributed by atoms with van der Waals surface area (Å²) in [4.78, 5) is 11.0. The van der Waals surface area contributed by atoms with Crippen molar-refractivity contribution in [2.45, 2.75) is 24.2 Å². The van der Waals surface area contributed by atoms with Gasteiger partial charge in [-0.15, -0.1) is 0 Å². The molecule has 7 heteroatoms. The Hall–Kier alpha value is -0.820. The first kappa shape index (κ1) is 11.3. The molecule has 1 saturated heterocycles. The highest BCUT2D eigenvalue weighted by Gasteiger charge is 2.64. The molecule has 1 heterocycles. The molecule has 2 N–H and O–H groups in total. The minimum Gasteiger partial charge on any atom is -0.467 e. The lowest BCUT2D eigenvalue weighted by atomic mass is 9.96. The summed E-state index contributed by atoms with van der Waals surface area (Å²) < 4.78 is 41.7. The van der Waals surface area contributed by atoms with Crippen LogP contribution in [0.5, 0.6) is 0 Å².